The van der Waals surface area contributed by atoms with Crippen LogP contribution in [0.2, 0.25) is 0 Å². The summed E-state index contributed by atoms with van der Waals surface area (Å²) in [6, 6.07) is 5.48. The van der Waals surface area contributed by atoms with E-state index in [9.17, 15) is 15.0 Å². The highest BCUT2D eigenvalue weighted by Crippen LogP contribution is 2.53. The van der Waals surface area contributed by atoms with Crippen molar-refractivity contribution >= 4 is 5.97 Å². The highest BCUT2D eigenvalue weighted by molar-refractivity contribution is 5.68. The van der Waals surface area contributed by atoms with E-state index in [2.05, 4.69) is 0 Å². The van der Waals surface area contributed by atoms with Crippen LogP contribution in [0.1, 0.15) is 50.0 Å². The molecule has 3 aliphatic rings. The van der Waals surface area contributed by atoms with Crippen molar-refractivity contribution < 1.29 is 29.6 Å². The summed E-state index contributed by atoms with van der Waals surface area (Å²) in [5.41, 5.74) is 0.936. The molecule has 0 bridgehead atoms. The molecular weight excluding hydrogens is 360 g/mol. The molecule has 1 heterocycles. The Balaban J connectivity index is 1.51. The van der Waals surface area contributed by atoms with Gasteiger partial charge < -0.3 is 24.8 Å². The molecule has 1 aromatic rings. The molecule has 0 aromatic heterocycles. The summed E-state index contributed by atoms with van der Waals surface area (Å²) in [6.07, 6.45) is 8.86. The van der Waals surface area contributed by atoms with Crippen LogP contribution in [-0.2, 0) is 4.79 Å². The molecule has 28 heavy (non-hydrogen) atoms. The summed E-state index contributed by atoms with van der Waals surface area (Å²) >= 11 is 0. The number of rotatable bonds is 6. The Morgan fingerprint density at radius 1 is 1.29 bits per heavy atom. The summed E-state index contributed by atoms with van der Waals surface area (Å²) < 4.78 is 11.4. The third kappa shape index (κ3) is 3.76. The minimum atomic E-state index is -1.04. The lowest BCUT2D eigenvalue weighted by Crippen LogP contribution is -2.22. The highest BCUT2D eigenvalue weighted by atomic mass is 16.5. The summed E-state index contributed by atoms with van der Waals surface area (Å²) in [5, 5.41) is 30.0. The van der Waals surface area contributed by atoms with Crippen LogP contribution < -0.4 is 9.47 Å². The maximum absolute atomic E-state index is 10.8. The Hall–Kier alpha value is -2.05. The zero-order chi connectivity index (χ0) is 19.7. The van der Waals surface area contributed by atoms with Gasteiger partial charge in [0.1, 0.15) is 6.10 Å². The van der Waals surface area contributed by atoms with Gasteiger partial charge in [0, 0.05) is 23.8 Å². The standard InChI is InChI=1S/C22H28O6/c23-16(13-5-2-1-3-6-13)10-9-14-17(24)11-19-21(14)15-7-4-8-18(22(15)28-19)27-12-20(25)26/h4,7-10,13-14,16-17,19,21,23-24H,1-3,5-6,11-12H2,(H,25,26)/b10-9+. The molecule has 4 rings (SSSR count). The van der Waals surface area contributed by atoms with Crippen molar-refractivity contribution in [1.82, 2.24) is 0 Å². The third-order valence-corrected chi connectivity index (χ3v) is 6.39. The van der Waals surface area contributed by atoms with Crippen LogP contribution in [0.25, 0.3) is 0 Å². The fraction of sp³-hybridized carbons (Fsp3) is 0.591. The van der Waals surface area contributed by atoms with Gasteiger partial charge in [0.2, 0.25) is 0 Å². The van der Waals surface area contributed by atoms with Gasteiger partial charge in [0.25, 0.3) is 0 Å². The second-order valence-electron chi connectivity index (χ2n) is 8.19. The first-order valence-corrected chi connectivity index (χ1v) is 10.2. The van der Waals surface area contributed by atoms with E-state index in [0.717, 1.165) is 18.4 Å². The maximum Gasteiger partial charge on any atom is 0.341 e. The molecule has 5 unspecified atom stereocenters. The Morgan fingerprint density at radius 2 is 2.07 bits per heavy atom. The fourth-order valence-corrected chi connectivity index (χ4v) is 5.01. The quantitative estimate of drug-likeness (QED) is 0.649. The topological polar surface area (TPSA) is 96.2 Å². The van der Waals surface area contributed by atoms with Crippen LogP contribution in [0.15, 0.2) is 30.4 Å². The summed E-state index contributed by atoms with van der Waals surface area (Å²) in [4.78, 5) is 10.8. The van der Waals surface area contributed by atoms with E-state index in [-0.39, 0.29) is 17.9 Å². The van der Waals surface area contributed by atoms with Gasteiger partial charge in [-0.1, -0.05) is 43.5 Å². The lowest BCUT2D eigenvalue weighted by molar-refractivity contribution is -0.139. The van der Waals surface area contributed by atoms with Gasteiger partial charge in [0.05, 0.1) is 12.2 Å². The van der Waals surface area contributed by atoms with E-state index >= 15 is 0 Å². The third-order valence-electron chi connectivity index (χ3n) is 6.39. The average molecular weight is 388 g/mol. The zero-order valence-electron chi connectivity index (χ0n) is 15.9. The number of carboxylic acid groups (broad SMARTS) is 1. The monoisotopic (exact) mass is 388 g/mol. The number of aliphatic carboxylic acids is 1. The van der Waals surface area contributed by atoms with Crippen molar-refractivity contribution in [2.75, 3.05) is 6.61 Å². The number of ether oxygens (including phenoxy) is 2. The zero-order valence-corrected chi connectivity index (χ0v) is 15.9. The van der Waals surface area contributed by atoms with Crippen molar-refractivity contribution in [3.63, 3.8) is 0 Å². The second-order valence-corrected chi connectivity index (χ2v) is 8.19. The van der Waals surface area contributed by atoms with Crippen LogP contribution in [0.5, 0.6) is 11.5 Å². The van der Waals surface area contributed by atoms with Crippen molar-refractivity contribution in [3.8, 4) is 11.5 Å². The fourth-order valence-electron chi connectivity index (χ4n) is 5.01. The van der Waals surface area contributed by atoms with E-state index in [1.165, 1.54) is 19.3 Å². The molecule has 0 saturated heterocycles. The molecular formula is C22H28O6. The molecule has 1 aliphatic heterocycles. The van der Waals surface area contributed by atoms with E-state index < -0.39 is 24.8 Å². The van der Waals surface area contributed by atoms with Crippen molar-refractivity contribution in [1.29, 1.82) is 0 Å². The Bertz CT molecular complexity index is 739. The predicted octanol–water partition coefficient (Wildman–Crippen LogP) is 2.87. The predicted molar refractivity (Wildman–Crippen MR) is 103 cm³/mol. The van der Waals surface area contributed by atoms with E-state index in [0.29, 0.717) is 23.8 Å². The van der Waals surface area contributed by atoms with Gasteiger partial charge in [-0.25, -0.2) is 4.79 Å². The van der Waals surface area contributed by atoms with Crippen LogP contribution in [-0.4, -0.2) is 46.2 Å². The lowest BCUT2D eigenvalue weighted by Gasteiger charge is -2.25. The molecule has 2 aliphatic carbocycles. The van der Waals surface area contributed by atoms with Crippen LogP contribution in [0.4, 0.5) is 0 Å². The smallest absolute Gasteiger partial charge is 0.341 e. The number of carbonyl (C=O) groups is 1. The van der Waals surface area contributed by atoms with Crippen LogP contribution in [0, 0.1) is 11.8 Å². The Labute approximate surface area is 164 Å². The number of carboxylic acids is 1. The highest BCUT2D eigenvalue weighted by Gasteiger charge is 2.49. The van der Waals surface area contributed by atoms with Gasteiger partial charge in [0.15, 0.2) is 18.1 Å². The SMILES string of the molecule is O=C(O)COc1cccc2c1OC1CC(O)C(/C=C/C(O)C3CCCCC3)C21. The van der Waals surface area contributed by atoms with Crippen LogP contribution in [0.3, 0.4) is 0 Å². The molecule has 3 N–H and O–H groups in total. The number of hydrogen-bond donors (Lipinski definition) is 3. The molecule has 0 amide bonds. The number of hydrogen-bond acceptors (Lipinski definition) is 5. The first-order chi connectivity index (χ1) is 13.5. The molecule has 6 heteroatoms. The number of aliphatic hydroxyl groups is 2. The molecule has 152 valence electrons. The van der Waals surface area contributed by atoms with Crippen molar-refractivity contribution in [2.24, 2.45) is 11.8 Å². The minimum absolute atomic E-state index is 0.0202. The lowest BCUT2D eigenvalue weighted by atomic mass is 9.83. The Morgan fingerprint density at radius 3 is 2.82 bits per heavy atom. The first-order valence-electron chi connectivity index (χ1n) is 10.2. The van der Waals surface area contributed by atoms with Crippen molar-refractivity contribution in [3.05, 3.63) is 35.9 Å². The largest absolute Gasteiger partial charge is 0.485 e. The molecule has 2 fully saturated rings. The van der Waals surface area contributed by atoms with Gasteiger partial charge in [-0.3, -0.25) is 0 Å². The molecule has 0 radical (unpaired) electrons. The number of benzene rings is 1. The summed E-state index contributed by atoms with van der Waals surface area (Å²) in [6.45, 7) is -0.422. The first kappa shape index (κ1) is 19.3. The molecule has 2 saturated carbocycles. The van der Waals surface area contributed by atoms with Crippen LogP contribution >= 0.6 is 0 Å². The van der Waals surface area contributed by atoms with Gasteiger partial charge in [-0.2, -0.15) is 0 Å². The number of para-hydroxylation sites is 1. The summed E-state index contributed by atoms with van der Waals surface area (Å²) in [7, 11) is 0. The van der Waals surface area contributed by atoms with E-state index in [1.807, 2.05) is 24.3 Å². The minimum Gasteiger partial charge on any atom is -0.485 e. The summed E-state index contributed by atoms with van der Waals surface area (Å²) in [5.74, 6) is 0.115. The Kier molecular flexibility index (Phi) is 5.60. The molecule has 5 atom stereocenters. The van der Waals surface area contributed by atoms with E-state index in [4.69, 9.17) is 14.6 Å². The maximum atomic E-state index is 10.8. The molecule has 6 nitrogen and oxygen atoms in total. The number of aliphatic hydroxyl groups excluding tert-OH is 2. The van der Waals surface area contributed by atoms with Gasteiger partial charge in [-0.15, -0.1) is 0 Å². The van der Waals surface area contributed by atoms with Gasteiger partial charge >= 0.3 is 5.97 Å². The molecule has 0 spiro atoms. The van der Waals surface area contributed by atoms with E-state index in [1.54, 1.807) is 6.07 Å². The average Bonchev–Trinajstić information content (AvgIpc) is 3.20. The normalized spacial score (nSPS) is 30.6. The molecule has 1 aromatic carbocycles. The second kappa shape index (κ2) is 8.13. The van der Waals surface area contributed by atoms with Crippen molar-refractivity contribution in [2.45, 2.75) is 62.8 Å². The number of fused-ring (bicyclic) bond motifs is 3. The van der Waals surface area contributed by atoms with Gasteiger partial charge in [-0.05, 0) is 24.8 Å².